The predicted molar refractivity (Wildman–Crippen MR) is 115 cm³/mol. The van der Waals surface area contributed by atoms with Gasteiger partial charge in [0.25, 0.3) is 0 Å². The Hall–Kier alpha value is -2.67. The molecule has 0 bridgehead atoms. The van der Waals surface area contributed by atoms with E-state index in [9.17, 15) is 9.59 Å². The van der Waals surface area contributed by atoms with Gasteiger partial charge < -0.3 is 20.1 Å². The monoisotopic (exact) mass is 402 g/mol. The van der Waals surface area contributed by atoms with Crippen LogP contribution in [0.25, 0.3) is 0 Å². The van der Waals surface area contributed by atoms with Crippen molar-refractivity contribution < 1.29 is 19.1 Å². The van der Waals surface area contributed by atoms with Gasteiger partial charge in [-0.3, -0.25) is 9.59 Å². The molecule has 2 N–H and O–H groups in total. The van der Waals surface area contributed by atoms with E-state index in [4.69, 9.17) is 9.47 Å². The minimum atomic E-state index is -0.113. The van der Waals surface area contributed by atoms with Crippen LogP contribution in [0, 0.1) is 6.92 Å². The first-order chi connectivity index (χ1) is 13.5. The summed E-state index contributed by atoms with van der Waals surface area (Å²) in [4.78, 5) is 24.1. The van der Waals surface area contributed by atoms with Crippen LogP contribution in [0.1, 0.15) is 18.4 Å². The van der Waals surface area contributed by atoms with Crippen LogP contribution in [0.3, 0.4) is 0 Å². The number of benzene rings is 2. The lowest BCUT2D eigenvalue weighted by molar-refractivity contribution is -0.116. The van der Waals surface area contributed by atoms with Gasteiger partial charge >= 0.3 is 0 Å². The lowest BCUT2D eigenvalue weighted by atomic mass is 10.2. The fourth-order valence-corrected chi connectivity index (χ4v) is 3.28. The third kappa shape index (κ3) is 7.15. The van der Waals surface area contributed by atoms with E-state index in [0.717, 1.165) is 17.0 Å². The number of anilines is 2. The lowest BCUT2D eigenvalue weighted by Crippen LogP contribution is -2.15. The second kappa shape index (κ2) is 11.2. The van der Waals surface area contributed by atoms with Gasteiger partial charge in [-0.25, -0.2) is 0 Å². The third-order valence-corrected chi connectivity index (χ3v) is 4.95. The Kier molecular flexibility index (Phi) is 8.68. The minimum absolute atomic E-state index is 0.0152. The van der Waals surface area contributed by atoms with E-state index in [1.807, 2.05) is 31.2 Å². The molecular weight excluding hydrogens is 376 g/mol. The molecule has 0 aliphatic heterocycles. The number of methoxy groups -OCH3 is 2. The molecule has 2 aromatic carbocycles. The fourth-order valence-electron chi connectivity index (χ4n) is 2.53. The van der Waals surface area contributed by atoms with Gasteiger partial charge in [-0.1, -0.05) is 12.1 Å². The summed E-state index contributed by atoms with van der Waals surface area (Å²) in [5.74, 6) is 2.12. The molecule has 0 saturated carbocycles. The first kappa shape index (κ1) is 21.6. The Balaban J connectivity index is 1.66. The molecule has 0 aliphatic rings. The van der Waals surface area contributed by atoms with Gasteiger partial charge in [0, 0.05) is 18.2 Å². The molecule has 28 heavy (non-hydrogen) atoms. The van der Waals surface area contributed by atoms with Crippen LogP contribution in [0.4, 0.5) is 11.4 Å². The summed E-state index contributed by atoms with van der Waals surface area (Å²) < 4.78 is 10.4. The van der Waals surface area contributed by atoms with Crippen molar-refractivity contribution in [3.63, 3.8) is 0 Å². The normalized spacial score (nSPS) is 10.2. The summed E-state index contributed by atoms with van der Waals surface area (Å²) in [5.41, 5.74) is 2.52. The molecule has 0 aromatic heterocycles. The second-order valence-electron chi connectivity index (χ2n) is 6.19. The molecular formula is C21H26N2O4S. The van der Waals surface area contributed by atoms with Crippen molar-refractivity contribution in [3.05, 3.63) is 48.0 Å². The number of amides is 2. The molecule has 0 spiro atoms. The van der Waals surface area contributed by atoms with Crippen LogP contribution in [0.5, 0.6) is 11.5 Å². The molecule has 2 amide bonds. The molecule has 2 aromatic rings. The van der Waals surface area contributed by atoms with Crippen molar-refractivity contribution in [3.8, 4) is 11.5 Å². The molecule has 150 valence electrons. The lowest BCUT2D eigenvalue weighted by Gasteiger charge is -2.11. The summed E-state index contributed by atoms with van der Waals surface area (Å²) in [6, 6.07) is 12.9. The number of hydrogen-bond acceptors (Lipinski definition) is 5. The highest BCUT2D eigenvalue weighted by atomic mass is 32.2. The highest BCUT2D eigenvalue weighted by Crippen LogP contribution is 2.29. The van der Waals surface area contributed by atoms with Gasteiger partial charge in [0.05, 0.1) is 25.7 Å². The Morgan fingerprint density at radius 2 is 1.82 bits per heavy atom. The standard InChI is InChI=1S/C21H26N2O4S/c1-15-6-4-7-16(12-15)22-20(24)8-5-11-28-14-21(25)23-18-10-9-17(26-2)13-19(18)27-3/h4,6-7,9-10,12-13H,5,8,11,14H2,1-3H3,(H,22,24)(H,23,25). The number of nitrogens with one attached hydrogen (secondary N) is 2. The SMILES string of the molecule is COc1ccc(NC(=O)CSCCCC(=O)Nc2cccc(C)c2)c(OC)c1. The highest BCUT2D eigenvalue weighted by Gasteiger charge is 2.09. The van der Waals surface area contributed by atoms with E-state index in [0.29, 0.717) is 35.8 Å². The van der Waals surface area contributed by atoms with Gasteiger partial charge in [0.1, 0.15) is 11.5 Å². The van der Waals surface area contributed by atoms with Gasteiger partial charge in [-0.2, -0.15) is 11.8 Å². The van der Waals surface area contributed by atoms with Gasteiger partial charge in [0.15, 0.2) is 0 Å². The molecule has 0 heterocycles. The van der Waals surface area contributed by atoms with Crippen LogP contribution < -0.4 is 20.1 Å². The second-order valence-corrected chi connectivity index (χ2v) is 7.29. The molecule has 0 atom stereocenters. The van der Waals surface area contributed by atoms with Crippen molar-refractivity contribution >= 4 is 35.0 Å². The number of ether oxygens (including phenoxy) is 2. The van der Waals surface area contributed by atoms with E-state index >= 15 is 0 Å². The fraction of sp³-hybridized carbons (Fsp3) is 0.333. The summed E-state index contributed by atoms with van der Waals surface area (Å²) >= 11 is 1.49. The molecule has 7 heteroatoms. The smallest absolute Gasteiger partial charge is 0.234 e. The minimum Gasteiger partial charge on any atom is -0.497 e. The summed E-state index contributed by atoms with van der Waals surface area (Å²) in [5, 5.41) is 5.72. The molecule has 2 rings (SSSR count). The molecule has 6 nitrogen and oxygen atoms in total. The number of carbonyl (C=O) groups excluding carboxylic acids is 2. The molecule has 0 unspecified atom stereocenters. The average molecular weight is 403 g/mol. The topological polar surface area (TPSA) is 76.7 Å². The van der Waals surface area contributed by atoms with Crippen LogP contribution in [-0.2, 0) is 9.59 Å². The third-order valence-electron chi connectivity index (χ3n) is 3.91. The Morgan fingerprint density at radius 3 is 2.54 bits per heavy atom. The largest absolute Gasteiger partial charge is 0.497 e. The number of rotatable bonds is 10. The van der Waals surface area contributed by atoms with Crippen molar-refractivity contribution in [2.75, 3.05) is 36.4 Å². The van der Waals surface area contributed by atoms with Crippen LogP contribution in [-0.4, -0.2) is 37.5 Å². The molecule has 0 aliphatic carbocycles. The molecule has 0 fully saturated rings. The zero-order valence-electron chi connectivity index (χ0n) is 16.4. The van der Waals surface area contributed by atoms with E-state index < -0.39 is 0 Å². The van der Waals surface area contributed by atoms with Crippen molar-refractivity contribution in [1.82, 2.24) is 0 Å². The van der Waals surface area contributed by atoms with Crippen LogP contribution in [0.15, 0.2) is 42.5 Å². The highest BCUT2D eigenvalue weighted by molar-refractivity contribution is 7.99. The zero-order valence-corrected chi connectivity index (χ0v) is 17.2. The Morgan fingerprint density at radius 1 is 1.00 bits per heavy atom. The van der Waals surface area contributed by atoms with Crippen LogP contribution >= 0.6 is 11.8 Å². The Bertz CT molecular complexity index is 811. The van der Waals surface area contributed by atoms with E-state index in [1.54, 1.807) is 32.4 Å². The molecule has 0 radical (unpaired) electrons. The summed E-state index contributed by atoms with van der Waals surface area (Å²) in [6.45, 7) is 1.98. The van der Waals surface area contributed by atoms with Crippen molar-refractivity contribution in [2.24, 2.45) is 0 Å². The maximum Gasteiger partial charge on any atom is 0.234 e. The quantitative estimate of drug-likeness (QED) is 0.585. The van der Waals surface area contributed by atoms with Gasteiger partial charge in [-0.15, -0.1) is 0 Å². The van der Waals surface area contributed by atoms with E-state index in [1.165, 1.54) is 11.8 Å². The number of hydrogen-bond donors (Lipinski definition) is 2. The van der Waals surface area contributed by atoms with E-state index in [2.05, 4.69) is 10.6 Å². The number of aryl methyl sites for hydroxylation is 1. The maximum absolute atomic E-state index is 12.1. The summed E-state index contributed by atoms with van der Waals surface area (Å²) in [7, 11) is 3.12. The predicted octanol–water partition coefficient (Wildman–Crippen LogP) is 4.10. The van der Waals surface area contributed by atoms with Crippen molar-refractivity contribution in [2.45, 2.75) is 19.8 Å². The average Bonchev–Trinajstić information content (AvgIpc) is 2.68. The maximum atomic E-state index is 12.1. The van der Waals surface area contributed by atoms with Crippen molar-refractivity contribution in [1.29, 1.82) is 0 Å². The van der Waals surface area contributed by atoms with E-state index in [-0.39, 0.29) is 11.8 Å². The van der Waals surface area contributed by atoms with Gasteiger partial charge in [-0.05, 0) is 48.9 Å². The Labute approximate surface area is 170 Å². The number of thioether (sulfide) groups is 1. The first-order valence-corrected chi connectivity index (χ1v) is 10.1. The summed E-state index contributed by atoms with van der Waals surface area (Å²) in [6.07, 6.45) is 1.14. The number of carbonyl (C=O) groups is 2. The van der Waals surface area contributed by atoms with Gasteiger partial charge in [0.2, 0.25) is 11.8 Å². The first-order valence-electron chi connectivity index (χ1n) is 8.98. The van der Waals surface area contributed by atoms with Crippen LogP contribution in [0.2, 0.25) is 0 Å². The molecule has 0 saturated heterocycles. The zero-order chi connectivity index (χ0) is 20.4.